The second-order valence-electron chi connectivity index (χ2n) is 4.78. The first-order valence-corrected chi connectivity index (χ1v) is 6.82. The number of aliphatic carboxylic acids is 2. The minimum Gasteiger partial charge on any atom is -0.545 e. The number of carbonyl (C=O) groups excluding carboxylic acids is 3. The van der Waals surface area contributed by atoms with Crippen molar-refractivity contribution in [1.29, 1.82) is 0 Å². The monoisotopic (exact) mass is 320 g/mol. The number of hydrogen-bond donors (Lipinski definition) is 0. The summed E-state index contributed by atoms with van der Waals surface area (Å²) < 4.78 is 0. The lowest BCUT2D eigenvalue weighted by atomic mass is 10.3. The number of likely N-dealkylation sites (N-methyl/N-ethyl adjacent to an activating group) is 1. The third-order valence-electron chi connectivity index (χ3n) is 2.57. The van der Waals surface area contributed by atoms with Crippen molar-refractivity contribution in [2.75, 3.05) is 32.1 Å². The van der Waals surface area contributed by atoms with E-state index in [0.717, 1.165) is 18.8 Å². The molecule has 0 N–H and O–H groups in total. The Balaban J connectivity index is 0.000000515. The zero-order chi connectivity index (χ0) is 17.8. The Kier molecular flexibility index (Phi) is 9.70. The van der Waals surface area contributed by atoms with Crippen LogP contribution in [0.5, 0.6) is 0 Å². The van der Waals surface area contributed by atoms with Crippen LogP contribution >= 0.6 is 0 Å². The summed E-state index contributed by atoms with van der Waals surface area (Å²) in [5, 5.41) is 18.8. The highest BCUT2D eigenvalue weighted by molar-refractivity contribution is 5.91. The maximum Gasteiger partial charge on any atom is 0.223 e. The quantitative estimate of drug-likeness (QED) is 0.600. The molecule has 0 aliphatic rings. The highest BCUT2D eigenvalue weighted by Gasteiger charge is 2.10. The van der Waals surface area contributed by atoms with Crippen molar-refractivity contribution in [3.63, 3.8) is 0 Å². The van der Waals surface area contributed by atoms with Gasteiger partial charge >= 0.3 is 0 Å². The predicted octanol–water partition coefficient (Wildman–Crippen LogP) is -1.36. The van der Waals surface area contributed by atoms with E-state index in [1.807, 2.05) is 44.4 Å². The Hall–Kier alpha value is -2.67. The number of hydrogen-bond acceptors (Lipinski definition) is 6. The van der Waals surface area contributed by atoms with Crippen LogP contribution in [0, 0.1) is 0 Å². The third-order valence-corrected chi connectivity index (χ3v) is 2.57. The maximum absolute atomic E-state index is 11.5. The Morgan fingerprint density at radius 2 is 1.43 bits per heavy atom. The van der Waals surface area contributed by atoms with Crippen LogP contribution in [0.1, 0.15) is 6.92 Å². The van der Waals surface area contributed by atoms with Gasteiger partial charge in [-0.1, -0.05) is 18.2 Å². The van der Waals surface area contributed by atoms with Crippen LogP contribution in [0.25, 0.3) is 0 Å². The molecule has 23 heavy (non-hydrogen) atoms. The summed E-state index contributed by atoms with van der Waals surface area (Å²) in [6.45, 7) is 3.20. The minimum atomic E-state index is -1.55. The topological polar surface area (TPSA) is 104 Å². The number of para-hydroxylation sites is 1. The smallest absolute Gasteiger partial charge is 0.223 e. The van der Waals surface area contributed by atoms with E-state index in [9.17, 15) is 24.6 Å². The van der Waals surface area contributed by atoms with Crippen LogP contribution in [0.15, 0.2) is 42.5 Å². The van der Waals surface area contributed by atoms with Gasteiger partial charge in [0, 0.05) is 25.7 Å². The molecule has 1 rings (SSSR count). The average Bonchev–Trinajstić information content (AvgIpc) is 2.46. The average molecular weight is 320 g/mol. The first-order chi connectivity index (χ1) is 10.7. The van der Waals surface area contributed by atoms with Gasteiger partial charge in [-0.2, -0.15) is 0 Å². The SMILES string of the molecule is CC(=O)N(CCN(C)C)c1ccccc1.O=C([O-])/C=C/C(=O)[O-]. The molecule has 7 nitrogen and oxygen atoms in total. The van der Waals surface area contributed by atoms with E-state index in [1.165, 1.54) is 0 Å². The van der Waals surface area contributed by atoms with Gasteiger partial charge < -0.3 is 29.6 Å². The zero-order valence-electron chi connectivity index (χ0n) is 13.4. The van der Waals surface area contributed by atoms with E-state index in [-0.39, 0.29) is 5.91 Å². The summed E-state index contributed by atoms with van der Waals surface area (Å²) >= 11 is 0. The van der Waals surface area contributed by atoms with Crippen molar-refractivity contribution in [1.82, 2.24) is 4.90 Å². The molecular formula is C16H20N2O5-2. The van der Waals surface area contributed by atoms with E-state index in [0.29, 0.717) is 12.2 Å². The lowest BCUT2D eigenvalue weighted by Gasteiger charge is -2.22. The molecule has 126 valence electrons. The number of benzene rings is 1. The number of carbonyl (C=O) groups is 3. The summed E-state index contributed by atoms with van der Waals surface area (Å²) in [6.07, 6.45) is 0.769. The predicted molar refractivity (Wildman–Crippen MR) is 82.2 cm³/mol. The van der Waals surface area contributed by atoms with Gasteiger partial charge in [0.15, 0.2) is 0 Å². The highest BCUT2D eigenvalue weighted by Crippen LogP contribution is 2.12. The summed E-state index contributed by atoms with van der Waals surface area (Å²) in [7, 11) is 4.01. The molecule has 1 aromatic rings. The van der Waals surface area contributed by atoms with Crippen molar-refractivity contribution in [3.05, 3.63) is 42.5 Å². The Labute approximate surface area is 135 Å². The van der Waals surface area contributed by atoms with Crippen LogP contribution < -0.4 is 15.1 Å². The van der Waals surface area contributed by atoms with Gasteiger partial charge in [0.2, 0.25) is 5.91 Å². The molecule has 1 amide bonds. The van der Waals surface area contributed by atoms with Gasteiger partial charge in [0.05, 0.1) is 11.9 Å². The molecule has 0 fully saturated rings. The van der Waals surface area contributed by atoms with Crippen LogP contribution in [0.3, 0.4) is 0 Å². The van der Waals surface area contributed by atoms with Crippen LogP contribution in [-0.2, 0) is 14.4 Å². The molecule has 1 aromatic carbocycles. The van der Waals surface area contributed by atoms with Crippen molar-refractivity contribution in [2.45, 2.75) is 6.92 Å². The zero-order valence-corrected chi connectivity index (χ0v) is 13.4. The summed E-state index contributed by atoms with van der Waals surface area (Å²) in [4.78, 5) is 34.2. The van der Waals surface area contributed by atoms with Gasteiger partial charge in [-0.25, -0.2) is 0 Å². The second-order valence-corrected chi connectivity index (χ2v) is 4.78. The molecule has 0 aliphatic carbocycles. The number of nitrogens with zero attached hydrogens (tertiary/aromatic N) is 2. The molecule has 0 aliphatic heterocycles. The molecule has 0 atom stereocenters. The molecule has 0 saturated heterocycles. The van der Waals surface area contributed by atoms with Gasteiger partial charge in [-0.3, -0.25) is 4.79 Å². The highest BCUT2D eigenvalue weighted by atomic mass is 16.4. The molecule has 0 aromatic heterocycles. The van der Waals surface area contributed by atoms with E-state index in [2.05, 4.69) is 4.90 Å². The van der Waals surface area contributed by atoms with E-state index >= 15 is 0 Å². The first kappa shape index (κ1) is 20.3. The van der Waals surface area contributed by atoms with E-state index in [4.69, 9.17) is 0 Å². The van der Waals surface area contributed by atoms with Gasteiger partial charge in [0.1, 0.15) is 0 Å². The van der Waals surface area contributed by atoms with Gasteiger partial charge in [-0.15, -0.1) is 0 Å². The summed E-state index contributed by atoms with van der Waals surface area (Å²) in [5.74, 6) is -3.01. The molecule has 7 heteroatoms. The first-order valence-electron chi connectivity index (χ1n) is 6.82. The van der Waals surface area contributed by atoms with E-state index in [1.54, 1.807) is 11.8 Å². The largest absolute Gasteiger partial charge is 0.545 e. The molecule has 0 heterocycles. The maximum atomic E-state index is 11.5. The number of carboxylic acids is 2. The standard InChI is InChI=1S/C12H18N2O.C4H4O4/c1-11(15)14(10-9-13(2)3)12-7-5-4-6-8-12;5-3(6)1-2-4(7)8/h4-8H,9-10H2,1-3H3;1-2H,(H,5,6)(H,7,8)/p-2/b;2-1+. The van der Waals surface area contributed by atoms with Crippen LogP contribution in [0.4, 0.5) is 5.69 Å². The Bertz CT molecular complexity index is 525. The molecule has 0 spiro atoms. The Morgan fingerprint density at radius 1 is 0.957 bits per heavy atom. The fraction of sp³-hybridized carbons (Fsp3) is 0.312. The number of carboxylic acid groups (broad SMARTS) is 2. The molecule has 0 saturated carbocycles. The van der Waals surface area contributed by atoms with Gasteiger partial charge in [0.25, 0.3) is 0 Å². The number of amides is 1. The number of rotatable bonds is 6. The normalized spacial score (nSPS) is 10.1. The van der Waals surface area contributed by atoms with Crippen molar-refractivity contribution >= 4 is 23.5 Å². The van der Waals surface area contributed by atoms with Crippen LogP contribution in [-0.4, -0.2) is 49.9 Å². The number of anilines is 1. The fourth-order valence-corrected chi connectivity index (χ4v) is 1.51. The molecule has 0 bridgehead atoms. The van der Waals surface area contributed by atoms with Crippen molar-refractivity contribution in [2.24, 2.45) is 0 Å². The summed E-state index contributed by atoms with van der Waals surface area (Å²) in [6, 6.07) is 9.75. The summed E-state index contributed by atoms with van der Waals surface area (Å²) in [5.41, 5.74) is 0.965. The van der Waals surface area contributed by atoms with E-state index < -0.39 is 11.9 Å². The van der Waals surface area contributed by atoms with Gasteiger partial charge in [-0.05, 0) is 38.4 Å². The second kappa shape index (κ2) is 11.0. The van der Waals surface area contributed by atoms with Crippen molar-refractivity contribution < 1.29 is 24.6 Å². The molecule has 0 unspecified atom stereocenters. The van der Waals surface area contributed by atoms with Crippen LogP contribution in [0.2, 0.25) is 0 Å². The Morgan fingerprint density at radius 3 is 1.78 bits per heavy atom. The lowest BCUT2D eigenvalue weighted by molar-refractivity contribution is -0.301. The molecule has 0 radical (unpaired) electrons. The van der Waals surface area contributed by atoms with Crippen molar-refractivity contribution in [3.8, 4) is 0 Å². The lowest BCUT2D eigenvalue weighted by Crippen LogP contribution is -2.35. The third kappa shape index (κ3) is 10.7. The fourth-order valence-electron chi connectivity index (χ4n) is 1.51. The minimum absolute atomic E-state index is 0.0862. The molecular weight excluding hydrogens is 300 g/mol.